The summed E-state index contributed by atoms with van der Waals surface area (Å²) in [5, 5.41) is 0. The number of halogens is 1. The highest BCUT2D eigenvalue weighted by Crippen LogP contribution is 2.26. The van der Waals surface area contributed by atoms with E-state index in [4.69, 9.17) is 10.5 Å². The van der Waals surface area contributed by atoms with Gasteiger partial charge in [-0.25, -0.2) is 4.39 Å². The number of hydrogen-bond donors (Lipinski definition) is 1. The lowest BCUT2D eigenvalue weighted by molar-refractivity contribution is -0.135. The fourth-order valence-electron chi connectivity index (χ4n) is 2.03. The first-order chi connectivity index (χ1) is 9.66. The molecule has 4 nitrogen and oxygen atoms in total. The highest BCUT2D eigenvalue weighted by atomic mass is 32.2. The Kier molecular flexibility index (Phi) is 5.67. The summed E-state index contributed by atoms with van der Waals surface area (Å²) in [6, 6.07) is 4.40. The molecule has 1 fully saturated rings. The van der Waals surface area contributed by atoms with Gasteiger partial charge in [0.2, 0.25) is 5.91 Å². The van der Waals surface area contributed by atoms with Crippen molar-refractivity contribution >= 4 is 23.4 Å². The number of nitrogen functional groups attached to an aromatic ring is 1. The van der Waals surface area contributed by atoms with Crippen LogP contribution in [0.1, 0.15) is 12.8 Å². The average molecular weight is 298 g/mol. The second-order valence-corrected chi connectivity index (χ2v) is 5.76. The Morgan fingerprint density at radius 3 is 2.85 bits per heavy atom. The Morgan fingerprint density at radius 2 is 2.15 bits per heavy atom. The van der Waals surface area contributed by atoms with Crippen molar-refractivity contribution in [2.24, 2.45) is 0 Å². The number of anilines is 1. The van der Waals surface area contributed by atoms with E-state index in [1.165, 1.54) is 12.1 Å². The number of carbonyl (C=O) groups is 1. The zero-order valence-electron chi connectivity index (χ0n) is 11.3. The molecular formula is C14H19FN2O2S. The second kappa shape index (κ2) is 7.50. The number of amides is 1. The zero-order chi connectivity index (χ0) is 14.4. The smallest absolute Gasteiger partial charge is 0.222 e. The summed E-state index contributed by atoms with van der Waals surface area (Å²) in [7, 11) is 0. The third-order valence-electron chi connectivity index (χ3n) is 3.13. The number of ether oxygens (including phenoxy) is 1. The van der Waals surface area contributed by atoms with E-state index in [2.05, 4.69) is 0 Å². The van der Waals surface area contributed by atoms with E-state index < -0.39 is 0 Å². The Balaban J connectivity index is 1.69. The lowest BCUT2D eigenvalue weighted by Gasteiger charge is -2.26. The number of morpholine rings is 1. The fourth-order valence-corrected chi connectivity index (χ4v) is 2.93. The van der Waals surface area contributed by atoms with Crippen LogP contribution in [0.4, 0.5) is 10.1 Å². The van der Waals surface area contributed by atoms with Gasteiger partial charge in [-0.15, -0.1) is 11.8 Å². The van der Waals surface area contributed by atoms with E-state index in [0.29, 0.717) is 38.4 Å². The monoisotopic (exact) mass is 298 g/mol. The van der Waals surface area contributed by atoms with E-state index in [-0.39, 0.29) is 11.7 Å². The van der Waals surface area contributed by atoms with Gasteiger partial charge in [0, 0.05) is 30.1 Å². The topological polar surface area (TPSA) is 55.6 Å². The predicted molar refractivity (Wildman–Crippen MR) is 78.2 cm³/mol. The molecule has 2 rings (SSSR count). The second-order valence-electron chi connectivity index (χ2n) is 4.63. The van der Waals surface area contributed by atoms with E-state index in [9.17, 15) is 9.18 Å². The number of thioether (sulfide) groups is 1. The standard InChI is InChI=1S/C14H19FN2O2S/c15-11-3-4-13(12(16)10-11)20-9-1-2-14(18)17-5-7-19-8-6-17/h3-4,10H,1-2,5-9,16H2. The molecule has 1 saturated heterocycles. The summed E-state index contributed by atoms with van der Waals surface area (Å²) >= 11 is 1.56. The number of nitrogens with two attached hydrogens (primary N) is 1. The molecular weight excluding hydrogens is 279 g/mol. The first kappa shape index (κ1) is 15.1. The van der Waals surface area contributed by atoms with Gasteiger partial charge in [0.05, 0.1) is 13.2 Å². The van der Waals surface area contributed by atoms with Crippen molar-refractivity contribution in [2.75, 3.05) is 37.8 Å². The molecule has 0 spiro atoms. The molecule has 0 radical (unpaired) electrons. The first-order valence-corrected chi connectivity index (χ1v) is 7.69. The van der Waals surface area contributed by atoms with Crippen LogP contribution in [-0.4, -0.2) is 42.9 Å². The van der Waals surface area contributed by atoms with Gasteiger partial charge in [-0.05, 0) is 30.4 Å². The van der Waals surface area contributed by atoms with Crippen molar-refractivity contribution in [3.05, 3.63) is 24.0 Å². The minimum Gasteiger partial charge on any atom is -0.398 e. The van der Waals surface area contributed by atoms with Crippen LogP contribution in [0.5, 0.6) is 0 Å². The number of carbonyl (C=O) groups excluding carboxylic acids is 1. The highest BCUT2D eigenvalue weighted by molar-refractivity contribution is 7.99. The molecule has 0 unspecified atom stereocenters. The summed E-state index contributed by atoms with van der Waals surface area (Å²) in [4.78, 5) is 14.6. The maximum absolute atomic E-state index is 12.9. The summed E-state index contributed by atoms with van der Waals surface area (Å²) in [5.41, 5.74) is 6.18. The Bertz CT molecular complexity index is 464. The molecule has 6 heteroatoms. The van der Waals surface area contributed by atoms with E-state index >= 15 is 0 Å². The van der Waals surface area contributed by atoms with Crippen LogP contribution in [0.2, 0.25) is 0 Å². The molecule has 0 aromatic heterocycles. The predicted octanol–water partition coefficient (Wildman–Crippen LogP) is 2.14. The maximum atomic E-state index is 12.9. The summed E-state index contributed by atoms with van der Waals surface area (Å²) in [6.07, 6.45) is 1.33. The van der Waals surface area contributed by atoms with Crippen LogP contribution in [0.25, 0.3) is 0 Å². The van der Waals surface area contributed by atoms with Crippen molar-refractivity contribution < 1.29 is 13.9 Å². The van der Waals surface area contributed by atoms with Crippen LogP contribution >= 0.6 is 11.8 Å². The van der Waals surface area contributed by atoms with Crippen LogP contribution in [0.15, 0.2) is 23.1 Å². The molecule has 1 heterocycles. The first-order valence-electron chi connectivity index (χ1n) is 6.70. The van der Waals surface area contributed by atoms with Crippen molar-refractivity contribution in [2.45, 2.75) is 17.7 Å². The van der Waals surface area contributed by atoms with Gasteiger partial charge in [-0.2, -0.15) is 0 Å². The number of nitrogens with zero attached hydrogens (tertiary/aromatic N) is 1. The molecule has 1 aliphatic heterocycles. The van der Waals surface area contributed by atoms with Gasteiger partial charge >= 0.3 is 0 Å². The van der Waals surface area contributed by atoms with Gasteiger partial charge in [0.15, 0.2) is 0 Å². The molecule has 1 aromatic carbocycles. The molecule has 20 heavy (non-hydrogen) atoms. The van der Waals surface area contributed by atoms with Crippen LogP contribution < -0.4 is 5.73 Å². The molecule has 1 amide bonds. The molecule has 0 bridgehead atoms. The fraction of sp³-hybridized carbons (Fsp3) is 0.500. The van der Waals surface area contributed by atoms with Gasteiger partial charge in [0.1, 0.15) is 5.82 Å². The summed E-state index contributed by atoms with van der Waals surface area (Å²) in [5.74, 6) is 0.654. The number of hydrogen-bond acceptors (Lipinski definition) is 4. The zero-order valence-corrected chi connectivity index (χ0v) is 12.1. The molecule has 2 N–H and O–H groups in total. The third kappa shape index (κ3) is 4.38. The largest absolute Gasteiger partial charge is 0.398 e. The van der Waals surface area contributed by atoms with Gasteiger partial charge in [-0.3, -0.25) is 4.79 Å². The van der Waals surface area contributed by atoms with Gasteiger partial charge < -0.3 is 15.4 Å². The Hall–Kier alpha value is -1.27. The molecule has 0 atom stereocenters. The average Bonchev–Trinajstić information content (AvgIpc) is 2.46. The number of benzene rings is 1. The number of rotatable bonds is 5. The molecule has 0 aliphatic carbocycles. The van der Waals surface area contributed by atoms with Crippen molar-refractivity contribution in [3.8, 4) is 0 Å². The highest BCUT2D eigenvalue weighted by Gasteiger charge is 2.16. The summed E-state index contributed by atoms with van der Waals surface area (Å²) < 4.78 is 18.1. The minimum atomic E-state index is -0.325. The third-order valence-corrected chi connectivity index (χ3v) is 4.30. The van der Waals surface area contributed by atoms with Crippen molar-refractivity contribution in [3.63, 3.8) is 0 Å². The van der Waals surface area contributed by atoms with Gasteiger partial charge in [-0.1, -0.05) is 0 Å². The van der Waals surface area contributed by atoms with Gasteiger partial charge in [0.25, 0.3) is 0 Å². The normalized spacial score (nSPS) is 15.3. The van der Waals surface area contributed by atoms with Crippen LogP contribution in [-0.2, 0) is 9.53 Å². The van der Waals surface area contributed by atoms with E-state index in [1.807, 2.05) is 4.90 Å². The van der Waals surface area contributed by atoms with Crippen LogP contribution in [0, 0.1) is 5.82 Å². The summed E-state index contributed by atoms with van der Waals surface area (Å²) in [6.45, 7) is 2.65. The van der Waals surface area contributed by atoms with E-state index in [0.717, 1.165) is 17.1 Å². The molecule has 1 aliphatic rings. The molecule has 1 aromatic rings. The van der Waals surface area contributed by atoms with Crippen molar-refractivity contribution in [1.29, 1.82) is 0 Å². The Morgan fingerprint density at radius 1 is 1.40 bits per heavy atom. The Labute approximate surface area is 122 Å². The quantitative estimate of drug-likeness (QED) is 0.514. The molecule has 0 saturated carbocycles. The van der Waals surface area contributed by atoms with E-state index in [1.54, 1.807) is 17.8 Å². The van der Waals surface area contributed by atoms with Crippen LogP contribution in [0.3, 0.4) is 0 Å². The molecule has 110 valence electrons. The SMILES string of the molecule is Nc1cc(F)ccc1SCCCC(=O)N1CCOCC1. The maximum Gasteiger partial charge on any atom is 0.222 e. The minimum absolute atomic E-state index is 0.181. The van der Waals surface area contributed by atoms with Crippen molar-refractivity contribution in [1.82, 2.24) is 4.90 Å². The lowest BCUT2D eigenvalue weighted by Crippen LogP contribution is -2.40. The lowest BCUT2D eigenvalue weighted by atomic mass is 10.3.